The molecule has 5 N–H and O–H groups in total. The molecule has 116 valence electrons. The zero-order valence-electron chi connectivity index (χ0n) is 11.3. The summed E-state index contributed by atoms with van der Waals surface area (Å²) in [6, 6.07) is -0.507. The first kappa shape index (κ1) is 18.8. The minimum absolute atomic E-state index is 0.405. The molecule has 8 heteroatoms. The van der Waals surface area contributed by atoms with Crippen molar-refractivity contribution in [1.82, 2.24) is 5.43 Å². The molecule has 0 aromatic rings. The molecule has 0 radical (unpaired) electrons. The molecule has 0 rings (SSSR count). The Balaban J connectivity index is 3.87. The molecule has 0 heterocycles. The van der Waals surface area contributed by atoms with Gasteiger partial charge in [0.2, 0.25) is 0 Å². The fourth-order valence-electron chi connectivity index (χ4n) is 1.39. The van der Waals surface area contributed by atoms with Gasteiger partial charge in [-0.1, -0.05) is 13.0 Å². The predicted octanol–water partition coefficient (Wildman–Crippen LogP) is -1.56. The number of aliphatic hydroxyl groups excluding tert-OH is 2. The normalized spacial score (nSPS) is 13.8. The highest BCUT2D eigenvalue weighted by Gasteiger charge is 2.14. The van der Waals surface area contributed by atoms with Crippen molar-refractivity contribution < 1.29 is 24.6 Å². The Kier molecular flexibility index (Phi) is 10.9. The summed E-state index contributed by atoms with van der Waals surface area (Å²) in [6.07, 6.45) is 1.12. The lowest BCUT2D eigenvalue weighted by atomic mass is 10.1. The first-order chi connectivity index (χ1) is 9.54. The van der Waals surface area contributed by atoms with Crippen molar-refractivity contribution in [2.45, 2.75) is 37.8 Å². The number of ketones is 2. The van der Waals surface area contributed by atoms with E-state index in [4.69, 9.17) is 15.9 Å². The molecular formula is C12H22N3O5-. The van der Waals surface area contributed by atoms with Crippen molar-refractivity contribution >= 4 is 17.9 Å². The second-order valence-corrected chi connectivity index (χ2v) is 4.36. The van der Waals surface area contributed by atoms with Gasteiger partial charge < -0.3 is 31.6 Å². The van der Waals surface area contributed by atoms with Crippen LogP contribution in [0.4, 0.5) is 0 Å². The lowest BCUT2D eigenvalue weighted by Gasteiger charge is -2.25. The fraction of sp³-hybridized carbons (Fsp3) is 0.750. The maximum Gasteiger partial charge on any atom is 0.199 e. The smallest absolute Gasteiger partial charge is 0.199 e. The molecule has 20 heavy (non-hydrogen) atoms. The number of carbonyl (C=O) groups is 3. The van der Waals surface area contributed by atoms with E-state index in [0.717, 1.165) is 12.8 Å². The van der Waals surface area contributed by atoms with Gasteiger partial charge in [0.1, 0.15) is 6.29 Å². The molecule has 0 aliphatic carbocycles. The minimum Gasteiger partial charge on any atom is -0.590 e. The van der Waals surface area contributed by atoms with E-state index >= 15 is 0 Å². The van der Waals surface area contributed by atoms with Gasteiger partial charge in [0.15, 0.2) is 11.6 Å². The average molecular weight is 288 g/mol. The molecule has 0 saturated carbocycles. The highest BCUT2D eigenvalue weighted by molar-refractivity contribution is 6.38. The Hall–Kier alpha value is -1.19. The van der Waals surface area contributed by atoms with E-state index in [0.29, 0.717) is 19.3 Å². The van der Waals surface area contributed by atoms with Gasteiger partial charge in [-0.3, -0.25) is 9.59 Å². The van der Waals surface area contributed by atoms with Crippen LogP contribution in [0.25, 0.3) is 5.43 Å². The van der Waals surface area contributed by atoms with Crippen LogP contribution in [-0.2, 0) is 14.4 Å². The summed E-state index contributed by atoms with van der Waals surface area (Å²) in [6.45, 7) is -0.441. The van der Waals surface area contributed by atoms with E-state index in [-0.39, 0.29) is 0 Å². The van der Waals surface area contributed by atoms with Crippen molar-refractivity contribution in [2.75, 3.05) is 19.7 Å². The van der Waals surface area contributed by atoms with Crippen LogP contribution in [0.1, 0.15) is 25.7 Å². The Morgan fingerprint density at radius 1 is 1.30 bits per heavy atom. The first-order valence-electron chi connectivity index (χ1n) is 6.47. The fourth-order valence-corrected chi connectivity index (χ4v) is 1.39. The van der Waals surface area contributed by atoms with Crippen LogP contribution in [0.15, 0.2) is 0 Å². The SMILES string of the molecule is NCCCC[C@H](C=O)N[N-]CC(=O)C(=O)C[C@H](O)CO. The number of nitrogens with zero attached hydrogens (tertiary/aromatic N) is 1. The van der Waals surface area contributed by atoms with Gasteiger partial charge in [-0.05, 0) is 19.4 Å². The zero-order chi connectivity index (χ0) is 15.4. The molecular weight excluding hydrogens is 266 g/mol. The molecule has 0 bridgehead atoms. The summed E-state index contributed by atoms with van der Waals surface area (Å²) >= 11 is 0. The maximum absolute atomic E-state index is 11.3. The van der Waals surface area contributed by atoms with E-state index in [1.54, 1.807) is 0 Å². The van der Waals surface area contributed by atoms with Gasteiger partial charge in [0, 0.05) is 12.5 Å². The van der Waals surface area contributed by atoms with E-state index in [1.165, 1.54) is 0 Å². The molecule has 0 amide bonds. The van der Waals surface area contributed by atoms with Crippen LogP contribution >= 0.6 is 0 Å². The minimum atomic E-state index is -1.24. The van der Waals surface area contributed by atoms with Crippen molar-refractivity contribution in [3.05, 3.63) is 5.43 Å². The lowest BCUT2D eigenvalue weighted by Crippen LogP contribution is -2.31. The summed E-state index contributed by atoms with van der Waals surface area (Å²) in [4.78, 5) is 33.3. The predicted molar refractivity (Wildman–Crippen MR) is 71.8 cm³/mol. The lowest BCUT2D eigenvalue weighted by molar-refractivity contribution is -0.137. The number of rotatable bonds is 13. The van der Waals surface area contributed by atoms with Gasteiger partial charge in [-0.15, -0.1) is 0 Å². The van der Waals surface area contributed by atoms with Crippen LogP contribution in [-0.4, -0.2) is 59.9 Å². The van der Waals surface area contributed by atoms with Gasteiger partial charge in [0.05, 0.1) is 12.7 Å². The molecule has 0 aliphatic rings. The largest absolute Gasteiger partial charge is 0.590 e. The number of aldehydes is 1. The average Bonchev–Trinajstić information content (AvgIpc) is 2.45. The molecule has 0 unspecified atom stereocenters. The van der Waals surface area contributed by atoms with E-state index in [1.807, 2.05) is 0 Å². The number of carbonyl (C=O) groups excluding carboxylic acids is 3. The summed E-state index contributed by atoms with van der Waals surface area (Å²) in [5.41, 5.74) is 11.5. The second-order valence-electron chi connectivity index (χ2n) is 4.36. The molecule has 0 spiro atoms. The zero-order valence-corrected chi connectivity index (χ0v) is 11.3. The van der Waals surface area contributed by atoms with Crippen LogP contribution in [0.5, 0.6) is 0 Å². The van der Waals surface area contributed by atoms with Gasteiger partial charge in [-0.2, -0.15) is 0 Å². The summed E-state index contributed by atoms with van der Waals surface area (Å²) in [5, 5.41) is 17.6. The Bertz CT molecular complexity index is 311. The number of unbranched alkanes of at least 4 members (excludes halogenated alkanes) is 1. The van der Waals surface area contributed by atoms with Gasteiger partial charge in [-0.25, -0.2) is 0 Å². The molecule has 0 aliphatic heterocycles. The number of nitrogens with one attached hydrogen (secondary N) is 1. The van der Waals surface area contributed by atoms with Crippen molar-refractivity contribution in [2.24, 2.45) is 5.73 Å². The monoisotopic (exact) mass is 288 g/mol. The van der Waals surface area contributed by atoms with Crippen LogP contribution in [0.2, 0.25) is 0 Å². The van der Waals surface area contributed by atoms with E-state index in [9.17, 15) is 14.4 Å². The highest BCUT2D eigenvalue weighted by Crippen LogP contribution is 2.00. The Labute approximate surface area is 117 Å². The number of Topliss-reactive ketones (excluding diaryl/α,β-unsaturated/α-hetero) is 2. The van der Waals surface area contributed by atoms with Gasteiger partial charge >= 0.3 is 0 Å². The van der Waals surface area contributed by atoms with Crippen molar-refractivity contribution in [3.63, 3.8) is 0 Å². The van der Waals surface area contributed by atoms with Gasteiger partial charge in [0.25, 0.3) is 0 Å². The maximum atomic E-state index is 11.3. The van der Waals surface area contributed by atoms with Crippen LogP contribution in [0, 0.1) is 0 Å². The Morgan fingerprint density at radius 2 is 2.00 bits per heavy atom. The summed E-state index contributed by atoms with van der Waals surface area (Å²) in [5.74, 6) is -1.58. The molecule has 0 saturated heterocycles. The second kappa shape index (κ2) is 11.6. The molecule has 0 aromatic carbocycles. The number of nitrogens with two attached hydrogens (primary N) is 1. The molecule has 2 atom stereocenters. The Morgan fingerprint density at radius 3 is 2.55 bits per heavy atom. The third kappa shape index (κ3) is 8.83. The third-order valence-corrected chi connectivity index (χ3v) is 2.56. The summed E-state index contributed by atoms with van der Waals surface area (Å²) < 4.78 is 0. The molecule has 8 nitrogen and oxygen atoms in total. The van der Waals surface area contributed by atoms with E-state index < -0.39 is 43.3 Å². The summed E-state index contributed by atoms with van der Waals surface area (Å²) in [7, 11) is 0. The molecule has 0 fully saturated rings. The van der Waals surface area contributed by atoms with Crippen LogP contribution in [0.3, 0.4) is 0 Å². The van der Waals surface area contributed by atoms with Crippen molar-refractivity contribution in [3.8, 4) is 0 Å². The number of hydrogen-bond donors (Lipinski definition) is 4. The third-order valence-electron chi connectivity index (χ3n) is 2.56. The van der Waals surface area contributed by atoms with E-state index in [2.05, 4.69) is 10.9 Å². The standard InChI is InChI=1S/C12H23N3O5/c13-4-2-1-3-9(7-16)15-14-6-12(20)11(19)5-10(18)8-17/h7,9-10,17-18H,1-6,8,13H2,(H2,14,15,19,20)/p-1/t9-,10+/m1/s1. The quantitative estimate of drug-likeness (QED) is 0.139. The number of hydrogen-bond acceptors (Lipinski definition) is 7. The molecule has 0 aromatic heterocycles. The first-order valence-corrected chi connectivity index (χ1v) is 6.47. The number of aliphatic hydroxyl groups is 2. The topological polar surface area (TPSA) is 144 Å². The highest BCUT2D eigenvalue weighted by atomic mass is 16.3. The van der Waals surface area contributed by atoms with Crippen molar-refractivity contribution in [1.29, 1.82) is 0 Å². The van der Waals surface area contributed by atoms with Crippen LogP contribution < -0.4 is 11.2 Å².